The molecule has 0 aromatic heterocycles. The van der Waals surface area contributed by atoms with Crippen LogP contribution in [0.3, 0.4) is 0 Å². The summed E-state index contributed by atoms with van der Waals surface area (Å²) in [4.78, 5) is 0. The largest absolute Gasteiger partial charge is 0.375 e. The molecule has 148 valence electrons. The maximum Gasteiger partial charge on any atom is 0.190 e. The zero-order chi connectivity index (χ0) is 19.9. The monoisotopic (exact) mass is 400 g/mol. The van der Waals surface area contributed by atoms with Crippen molar-refractivity contribution in [3.05, 3.63) is 72.6 Å². The van der Waals surface area contributed by atoms with Crippen molar-refractivity contribution in [3.8, 4) is 0 Å². The van der Waals surface area contributed by atoms with E-state index in [1.54, 1.807) is 7.11 Å². The SMILES string of the molecule is C=C([C@H]1O[C@@H]2OC(C)(C)O[C@@H]2[C@H]1OC)P(=O)(c1ccccc1)c1ccccc1. The van der Waals surface area contributed by atoms with Gasteiger partial charge >= 0.3 is 0 Å². The van der Waals surface area contributed by atoms with Crippen LogP contribution in [0.2, 0.25) is 0 Å². The molecule has 2 aliphatic rings. The molecule has 4 atom stereocenters. The van der Waals surface area contributed by atoms with Gasteiger partial charge in [0.1, 0.15) is 18.3 Å². The number of fused-ring (bicyclic) bond motifs is 1. The maximum absolute atomic E-state index is 14.5. The highest BCUT2D eigenvalue weighted by Gasteiger charge is 2.57. The van der Waals surface area contributed by atoms with Gasteiger partial charge in [0, 0.05) is 23.0 Å². The summed E-state index contributed by atoms with van der Waals surface area (Å²) in [6.07, 6.45) is -2.05. The Balaban J connectivity index is 1.74. The summed E-state index contributed by atoms with van der Waals surface area (Å²) in [7, 11) is -1.60. The molecule has 0 spiro atoms. The van der Waals surface area contributed by atoms with Gasteiger partial charge in [0.15, 0.2) is 19.2 Å². The van der Waals surface area contributed by atoms with Gasteiger partial charge in [0.05, 0.1) is 0 Å². The second-order valence-corrected chi connectivity index (χ2v) is 10.3. The lowest BCUT2D eigenvalue weighted by molar-refractivity contribution is -0.211. The molecule has 0 radical (unpaired) electrons. The van der Waals surface area contributed by atoms with Crippen LogP contribution in [-0.2, 0) is 23.5 Å². The van der Waals surface area contributed by atoms with Crippen LogP contribution in [-0.4, -0.2) is 37.5 Å². The molecule has 0 saturated carbocycles. The van der Waals surface area contributed by atoms with Gasteiger partial charge in [-0.3, -0.25) is 0 Å². The molecule has 5 nitrogen and oxygen atoms in total. The Morgan fingerprint density at radius 2 is 1.54 bits per heavy atom. The topological polar surface area (TPSA) is 54.0 Å². The summed E-state index contributed by atoms with van der Waals surface area (Å²) in [6, 6.07) is 18.8. The molecule has 2 fully saturated rings. The van der Waals surface area contributed by atoms with Crippen LogP contribution in [0.5, 0.6) is 0 Å². The fraction of sp³-hybridized carbons (Fsp3) is 0.364. The average Bonchev–Trinajstić information content (AvgIpc) is 3.19. The van der Waals surface area contributed by atoms with Gasteiger partial charge in [-0.2, -0.15) is 0 Å². The zero-order valence-electron chi connectivity index (χ0n) is 16.3. The fourth-order valence-electron chi connectivity index (χ4n) is 3.94. The third-order valence-electron chi connectivity index (χ3n) is 5.24. The lowest BCUT2D eigenvalue weighted by Gasteiger charge is -2.30. The molecule has 0 bridgehead atoms. The fourth-order valence-corrected chi connectivity index (χ4v) is 6.65. The summed E-state index contributed by atoms with van der Waals surface area (Å²) in [5.74, 6) is -0.749. The van der Waals surface area contributed by atoms with Gasteiger partial charge in [0.25, 0.3) is 0 Å². The van der Waals surface area contributed by atoms with E-state index in [1.165, 1.54) is 0 Å². The van der Waals surface area contributed by atoms with Crippen LogP contribution in [0.4, 0.5) is 0 Å². The highest BCUT2D eigenvalue weighted by atomic mass is 31.2. The second kappa shape index (κ2) is 7.25. The van der Waals surface area contributed by atoms with Crippen molar-refractivity contribution >= 4 is 17.8 Å². The van der Waals surface area contributed by atoms with Gasteiger partial charge < -0.3 is 23.5 Å². The highest BCUT2D eigenvalue weighted by molar-refractivity contribution is 7.82. The van der Waals surface area contributed by atoms with E-state index >= 15 is 0 Å². The lowest BCUT2D eigenvalue weighted by atomic mass is 10.1. The first-order valence-corrected chi connectivity index (χ1v) is 11.0. The smallest absolute Gasteiger partial charge is 0.190 e. The van der Waals surface area contributed by atoms with E-state index in [2.05, 4.69) is 6.58 Å². The minimum Gasteiger partial charge on any atom is -0.375 e. The highest BCUT2D eigenvalue weighted by Crippen LogP contribution is 2.56. The van der Waals surface area contributed by atoms with Gasteiger partial charge in [-0.1, -0.05) is 67.2 Å². The van der Waals surface area contributed by atoms with Gasteiger partial charge in [-0.15, -0.1) is 0 Å². The van der Waals surface area contributed by atoms with Crippen molar-refractivity contribution in [1.82, 2.24) is 0 Å². The Hall–Kier alpha value is -1.75. The molecule has 28 heavy (non-hydrogen) atoms. The maximum atomic E-state index is 14.5. The Bertz CT molecular complexity index is 852. The number of benzene rings is 2. The molecule has 0 N–H and O–H groups in total. The number of methoxy groups -OCH3 is 1. The summed E-state index contributed by atoms with van der Waals surface area (Å²) < 4.78 is 38.2. The second-order valence-electron chi connectivity index (χ2n) is 7.50. The number of rotatable bonds is 5. The third kappa shape index (κ3) is 3.18. The van der Waals surface area contributed by atoms with Crippen molar-refractivity contribution in [2.45, 2.75) is 44.2 Å². The van der Waals surface area contributed by atoms with Crippen LogP contribution in [0.25, 0.3) is 0 Å². The molecule has 2 aromatic carbocycles. The average molecular weight is 400 g/mol. The first-order valence-electron chi connectivity index (χ1n) is 9.31. The molecule has 6 heteroatoms. The van der Waals surface area contributed by atoms with Gasteiger partial charge in [-0.05, 0) is 13.8 Å². The van der Waals surface area contributed by atoms with E-state index in [0.29, 0.717) is 15.9 Å². The zero-order valence-corrected chi connectivity index (χ0v) is 17.2. The Morgan fingerprint density at radius 3 is 2.04 bits per heavy atom. The van der Waals surface area contributed by atoms with E-state index in [4.69, 9.17) is 18.9 Å². The van der Waals surface area contributed by atoms with Crippen molar-refractivity contribution in [2.75, 3.05) is 7.11 Å². The standard InChI is InChI=1S/C22H25O5P/c1-15(18-19(24-4)20-21(25-18)27-22(2,3)26-20)28(23,16-11-7-5-8-12-16)17-13-9-6-10-14-17/h5-14,18-21H,1H2,2-4H3/t18-,19+,20-,21-/m1/s1. The van der Waals surface area contributed by atoms with Crippen molar-refractivity contribution in [1.29, 1.82) is 0 Å². The Morgan fingerprint density at radius 1 is 1.00 bits per heavy atom. The molecule has 0 aliphatic carbocycles. The molecule has 0 unspecified atom stereocenters. The Kier molecular flexibility index (Phi) is 5.07. The molecule has 2 aliphatic heterocycles. The molecule has 0 amide bonds. The van der Waals surface area contributed by atoms with Gasteiger partial charge in [0.2, 0.25) is 0 Å². The van der Waals surface area contributed by atoms with Gasteiger partial charge in [-0.25, -0.2) is 0 Å². The minimum absolute atomic E-state index is 0.401. The van der Waals surface area contributed by atoms with Crippen molar-refractivity contribution in [3.63, 3.8) is 0 Å². The molecule has 2 saturated heterocycles. The van der Waals surface area contributed by atoms with Crippen molar-refractivity contribution in [2.24, 2.45) is 0 Å². The molecular weight excluding hydrogens is 375 g/mol. The lowest BCUT2D eigenvalue weighted by Crippen LogP contribution is -2.38. The predicted octanol–water partition coefficient (Wildman–Crippen LogP) is 3.41. The minimum atomic E-state index is -3.20. The van der Waals surface area contributed by atoms with Crippen LogP contribution in [0.15, 0.2) is 72.6 Å². The first kappa shape index (κ1) is 19.6. The normalized spacial score (nSPS) is 28.8. The van der Waals surface area contributed by atoms with Crippen LogP contribution >= 0.6 is 7.14 Å². The van der Waals surface area contributed by atoms with Crippen LogP contribution < -0.4 is 10.6 Å². The molecular formula is C22H25O5P. The summed E-state index contributed by atoms with van der Waals surface area (Å²) in [5.41, 5.74) is 0. The number of hydrogen-bond acceptors (Lipinski definition) is 5. The Labute approximate surface area is 165 Å². The first-order chi connectivity index (χ1) is 13.4. The predicted molar refractivity (Wildman–Crippen MR) is 108 cm³/mol. The molecule has 4 rings (SSSR count). The number of hydrogen-bond donors (Lipinski definition) is 0. The quantitative estimate of drug-likeness (QED) is 0.720. The third-order valence-corrected chi connectivity index (χ3v) is 8.35. The molecule has 2 aromatic rings. The summed E-state index contributed by atoms with van der Waals surface area (Å²) in [5, 5.41) is 1.91. The van der Waals surface area contributed by atoms with Crippen LogP contribution in [0, 0.1) is 0 Å². The summed E-state index contributed by atoms with van der Waals surface area (Å²) >= 11 is 0. The summed E-state index contributed by atoms with van der Waals surface area (Å²) in [6.45, 7) is 7.92. The number of ether oxygens (including phenoxy) is 4. The van der Waals surface area contributed by atoms with Crippen molar-refractivity contribution < 1.29 is 23.5 Å². The van der Waals surface area contributed by atoms with E-state index in [-0.39, 0.29) is 0 Å². The van der Waals surface area contributed by atoms with Crippen LogP contribution in [0.1, 0.15) is 13.8 Å². The van der Waals surface area contributed by atoms with E-state index < -0.39 is 37.5 Å². The molecule has 2 heterocycles. The van der Waals surface area contributed by atoms with E-state index in [9.17, 15) is 4.57 Å². The van der Waals surface area contributed by atoms with E-state index in [0.717, 1.165) is 0 Å². The van der Waals surface area contributed by atoms with E-state index in [1.807, 2.05) is 74.5 Å².